The molecule has 31 heavy (non-hydrogen) atoms. The van der Waals surface area contributed by atoms with E-state index in [1.165, 1.54) is 32.1 Å². The Kier molecular flexibility index (Phi) is 6.55. The van der Waals surface area contributed by atoms with E-state index in [2.05, 4.69) is 34.6 Å². The Morgan fingerprint density at radius 2 is 1.61 bits per heavy atom. The largest absolute Gasteiger partial charge is 0.462 e. The first-order chi connectivity index (χ1) is 14.6. The maximum Gasteiger partial charge on any atom is 0.306 e. The summed E-state index contributed by atoms with van der Waals surface area (Å²) in [7, 11) is 0. The van der Waals surface area contributed by atoms with Gasteiger partial charge in [-0.05, 0) is 67.1 Å². The second-order valence-corrected chi connectivity index (χ2v) is 12.6. The van der Waals surface area contributed by atoms with Crippen molar-refractivity contribution in [3.8, 4) is 0 Å². The molecule has 1 aliphatic heterocycles. The first-order valence-electron chi connectivity index (χ1n) is 13.1. The van der Waals surface area contributed by atoms with Crippen molar-refractivity contribution in [3.63, 3.8) is 0 Å². The number of rotatable bonds is 5. The van der Waals surface area contributed by atoms with Gasteiger partial charge in [0, 0.05) is 17.8 Å². The van der Waals surface area contributed by atoms with Crippen LogP contribution in [0.3, 0.4) is 0 Å². The number of aliphatic hydroxyl groups excluding tert-OH is 2. The van der Waals surface area contributed by atoms with E-state index in [0.29, 0.717) is 18.3 Å². The lowest BCUT2D eigenvalue weighted by molar-refractivity contribution is -0.168. The van der Waals surface area contributed by atoms with E-state index in [0.717, 1.165) is 37.0 Å². The maximum absolute atomic E-state index is 12.9. The first-order valence-corrected chi connectivity index (χ1v) is 13.1. The van der Waals surface area contributed by atoms with Crippen molar-refractivity contribution in [2.24, 2.45) is 46.3 Å². The second kappa shape index (κ2) is 8.63. The number of hydrogen-bond acceptors (Lipinski definition) is 4. The second-order valence-electron chi connectivity index (χ2n) is 12.6. The van der Waals surface area contributed by atoms with E-state index in [1.807, 2.05) is 0 Å². The van der Waals surface area contributed by atoms with Gasteiger partial charge in [-0.15, -0.1) is 0 Å². The number of fused-ring (bicyclic) bond motifs is 5. The highest BCUT2D eigenvalue weighted by molar-refractivity contribution is 5.70. The highest BCUT2D eigenvalue weighted by atomic mass is 16.5. The maximum atomic E-state index is 12.9. The summed E-state index contributed by atoms with van der Waals surface area (Å²) in [5.74, 6) is 2.62. The summed E-state index contributed by atoms with van der Waals surface area (Å²) in [6.45, 7) is 11.8. The Morgan fingerprint density at radius 3 is 2.32 bits per heavy atom. The number of aliphatic hydroxyl groups is 2. The first kappa shape index (κ1) is 23.5. The van der Waals surface area contributed by atoms with Gasteiger partial charge >= 0.3 is 5.97 Å². The average molecular weight is 435 g/mol. The van der Waals surface area contributed by atoms with Crippen molar-refractivity contribution in [3.05, 3.63) is 0 Å². The number of carbonyl (C=O) groups excluding carboxylic acids is 1. The molecule has 0 aromatic carbocycles. The van der Waals surface area contributed by atoms with E-state index < -0.39 is 12.2 Å². The quantitative estimate of drug-likeness (QED) is 0.573. The molecule has 3 aliphatic carbocycles. The molecule has 0 aromatic heterocycles. The van der Waals surface area contributed by atoms with Crippen molar-refractivity contribution in [2.45, 2.75) is 117 Å². The standard InChI is InChI=1S/C27H46O4/c1-16(2)7-6-8-17(3)18-9-10-19-25-20(11-13-26(18,19)4)27(5)14-12-22(28)24(30)21(27)15-23(29)31-25/h16-22,24-25,28,30H,6-15H2,1-5H3/t17-,18-,19+,20+,21+,22-,24+,25+,26-,27-/m1/s1. The third-order valence-corrected chi connectivity index (χ3v) is 10.5. The third-order valence-electron chi connectivity index (χ3n) is 10.5. The molecule has 4 fully saturated rings. The Morgan fingerprint density at radius 1 is 0.935 bits per heavy atom. The minimum absolute atomic E-state index is 0.0171. The zero-order valence-corrected chi connectivity index (χ0v) is 20.5. The third kappa shape index (κ3) is 3.98. The fourth-order valence-corrected chi connectivity index (χ4v) is 8.64. The minimum Gasteiger partial charge on any atom is -0.462 e. The summed E-state index contributed by atoms with van der Waals surface area (Å²) in [6.07, 6.45) is 8.86. The summed E-state index contributed by atoms with van der Waals surface area (Å²) in [4.78, 5) is 12.9. The molecule has 2 N–H and O–H groups in total. The molecule has 0 spiro atoms. The lowest BCUT2D eigenvalue weighted by Crippen LogP contribution is -2.56. The van der Waals surface area contributed by atoms with Crippen LogP contribution in [0.15, 0.2) is 0 Å². The van der Waals surface area contributed by atoms with E-state index >= 15 is 0 Å². The van der Waals surface area contributed by atoms with Crippen molar-refractivity contribution in [1.82, 2.24) is 0 Å². The Hall–Kier alpha value is -0.610. The smallest absolute Gasteiger partial charge is 0.306 e. The molecule has 0 amide bonds. The number of ether oxygens (including phenoxy) is 1. The predicted molar refractivity (Wildman–Crippen MR) is 122 cm³/mol. The van der Waals surface area contributed by atoms with E-state index in [9.17, 15) is 15.0 Å². The van der Waals surface area contributed by atoms with Crippen LogP contribution in [0.25, 0.3) is 0 Å². The van der Waals surface area contributed by atoms with E-state index in [-0.39, 0.29) is 35.2 Å². The van der Waals surface area contributed by atoms with Gasteiger partial charge in [-0.2, -0.15) is 0 Å². The van der Waals surface area contributed by atoms with Gasteiger partial charge in [-0.25, -0.2) is 0 Å². The van der Waals surface area contributed by atoms with E-state index in [4.69, 9.17) is 4.74 Å². The Balaban J connectivity index is 1.55. The SMILES string of the molecule is CC(C)CCC[C@@H](C)[C@H]1CC[C@H]2[C@@H]3OC(=O)C[C@H]4[C@H](O)[C@H](O)CC[C@]4(C)[C@H]3CC[C@]12C. The number of hydrogen-bond donors (Lipinski definition) is 2. The van der Waals surface area contributed by atoms with Crippen LogP contribution in [0.1, 0.15) is 98.8 Å². The molecule has 0 radical (unpaired) electrons. The molecule has 1 saturated heterocycles. The Labute approximate surface area is 189 Å². The molecule has 1 heterocycles. The highest BCUT2D eigenvalue weighted by Crippen LogP contribution is 2.65. The summed E-state index contributed by atoms with van der Waals surface area (Å²) < 4.78 is 6.24. The number of esters is 1. The molecular formula is C27H46O4. The lowest BCUT2D eigenvalue weighted by Gasteiger charge is -2.56. The van der Waals surface area contributed by atoms with Gasteiger partial charge in [0.1, 0.15) is 6.10 Å². The fourth-order valence-electron chi connectivity index (χ4n) is 8.64. The van der Waals surface area contributed by atoms with Gasteiger partial charge in [-0.1, -0.05) is 53.9 Å². The minimum atomic E-state index is -0.810. The Bertz CT molecular complexity index is 662. The van der Waals surface area contributed by atoms with Crippen molar-refractivity contribution in [2.75, 3.05) is 0 Å². The highest BCUT2D eigenvalue weighted by Gasteiger charge is 2.63. The normalized spacial score (nSPS) is 48.4. The van der Waals surface area contributed by atoms with Gasteiger partial charge in [0.15, 0.2) is 0 Å². The van der Waals surface area contributed by atoms with Crippen LogP contribution in [0, 0.1) is 46.3 Å². The van der Waals surface area contributed by atoms with E-state index in [1.54, 1.807) is 0 Å². The zero-order valence-electron chi connectivity index (χ0n) is 20.5. The molecule has 0 unspecified atom stereocenters. The van der Waals surface area contributed by atoms with Gasteiger partial charge in [-0.3, -0.25) is 4.79 Å². The van der Waals surface area contributed by atoms with Gasteiger partial charge in [0.25, 0.3) is 0 Å². The van der Waals surface area contributed by atoms with Gasteiger partial charge < -0.3 is 14.9 Å². The van der Waals surface area contributed by atoms with Crippen molar-refractivity contribution in [1.29, 1.82) is 0 Å². The van der Waals surface area contributed by atoms with Crippen molar-refractivity contribution >= 4 is 5.97 Å². The van der Waals surface area contributed by atoms with Crippen LogP contribution in [0.4, 0.5) is 0 Å². The zero-order chi connectivity index (χ0) is 22.6. The number of carbonyl (C=O) groups is 1. The molecule has 4 aliphatic rings. The van der Waals surface area contributed by atoms with Crippen LogP contribution < -0.4 is 0 Å². The van der Waals surface area contributed by atoms with Gasteiger partial charge in [0.05, 0.1) is 18.6 Å². The summed E-state index contributed by atoms with van der Waals surface area (Å²) in [6, 6.07) is 0. The average Bonchev–Trinajstić information content (AvgIpc) is 3.00. The summed E-state index contributed by atoms with van der Waals surface area (Å²) in [5.41, 5.74) is 0.124. The van der Waals surface area contributed by atoms with Crippen LogP contribution in [-0.2, 0) is 9.53 Å². The summed E-state index contributed by atoms with van der Waals surface area (Å²) in [5, 5.41) is 21.1. The fraction of sp³-hybridized carbons (Fsp3) is 0.963. The van der Waals surface area contributed by atoms with Crippen LogP contribution in [-0.4, -0.2) is 34.5 Å². The van der Waals surface area contributed by atoms with Crippen LogP contribution in [0.5, 0.6) is 0 Å². The molecule has 0 bridgehead atoms. The molecule has 0 aromatic rings. The van der Waals surface area contributed by atoms with Gasteiger partial charge in [0.2, 0.25) is 0 Å². The van der Waals surface area contributed by atoms with Crippen LogP contribution in [0.2, 0.25) is 0 Å². The van der Waals surface area contributed by atoms with Crippen LogP contribution >= 0.6 is 0 Å². The molecule has 4 rings (SSSR count). The monoisotopic (exact) mass is 434 g/mol. The molecule has 4 heteroatoms. The molecule has 10 atom stereocenters. The summed E-state index contributed by atoms with van der Waals surface area (Å²) >= 11 is 0. The molecule has 178 valence electrons. The topological polar surface area (TPSA) is 66.8 Å². The predicted octanol–water partition coefficient (Wildman–Crippen LogP) is 5.34. The molecule has 4 nitrogen and oxygen atoms in total. The van der Waals surface area contributed by atoms with Crippen molar-refractivity contribution < 1.29 is 19.7 Å². The molecule has 3 saturated carbocycles. The lowest BCUT2D eigenvalue weighted by atomic mass is 9.50. The molecular weight excluding hydrogens is 388 g/mol.